The van der Waals surface area contributed by atoms with E-state index in [9.17, 15) is 0 Å². The lowest BCUT2D eigenvalue weighted by Crippen LogP contribution is -3.08. The SMILES string of the molecule is CSc1nc(SCCCc2ccccc2)c2c3c(sc2n1)C[NH+](C)CC3. The van der Waals surface area contributed by atoms with Crippen LogP contribution >= 0.6 is 34.9 Å². The number of quaternary nitrogens is 1. The maximum atomic E-state index is 4.88. The fourth-order valence-corrected chi connectivity index (χ4v) is 6.32. The molecule has 1 aliphatic heterocycles. The van der Waals surface area contributed by atoms with Crippen molar-refractivity contribution >= 4 is 45.1 Å². The first-order valence-electron chi connectivity index (χ1n) is 9.09. The van der Waals surface area contributed by atoms with E-state index < -0.39 is 0 Å². The predicted molar refractivity (Wildman–Crippen MR) is 114 cm³/mol. The summed E-state index contributed by atoms with van der Waals surface area (Å²) in [6.45, 7) is 2.34. The largest absolute Gasteiger partial charge is 0.333 e. The molecular weight excluding hydrogens is 378 g/mol. The summed E-state index contributed by atoms with van der Waals surface area (Å²) in [5.41, 5.74) is 2.94. The van der Waals surface area contributed by atoms with Gasteiger partial charge in [0, 0.05) is 11.8 Å². The lowest BCUT2D eigenvalue weighted by Gasteiger charge is -2.19. The Bertz CT molecular complexity index is 892. The molecule has 3 aromatic rings. The molecule has 1 N–H and O–H groups in total. The lowest BCUT2D eigenvalue weighted by molar-refractivity contribution is -0.895. The van der Waals surface area contributed by atoms with Crippen LogP contribution in [0, 0.1) is 0 Å². The van der Waals surface area contributed by atoms with Gasteiger partial charge in [0.1, 0.15) is 16.4 Å². The maximum Gasteiger partial charge on any atom is 0.189 e. The minimum atomic E-state index is 0.905. The van der Waals surface area contributed by atoms with Crippen molar-refractivity contribution in [1.29, 1.82) is 0 Å². The molecular formula is C20H24N3S3+. The monoisotopic (exact) mass is 402 g/mol. The van der Waals surface area contributed by atoms with Crippen molar-refractivity contribution in [2.45, 2.75) is 36.0 Å². The number of rotatable bonds is 6. The van der Waals surface area contributed by atoms with Crippen molar-refractivity contribution in [3.63, 3.8) is 0 Å². The topological polar surface area (TPSA) is 30.2 Å². The Balaban J connectivity index is 1.55. The highest BCUT2D eigenvalue weighted by Crippen LogP contribution is 2.38. The van der Waals surface area contributed by atoms with E-state index in [0.717, 1.165) is 30.3 Å². The van der Waals surface area contributed by atoms with Gasteiger partial charge >= 0.3 is 0 Å². The van der Waals surface area contributed by atoms with E-state index in [-0.39, 0.29) is 0 Å². The molecule has 0 spiro atoms. The van der Waals surface area contributed by atoms with Crippen molar-refractivity contribution in [2.75, 3.05) is 25.6 Å². The zero-order valence-electron chi connectivity index (χ0n) is 15.2. The Hall–Kier alpha value is -1.08. The van der Waals surface area contributed by atoms with Gasteiger partial charge in [-0.2, -0.15) is 0 Å². The maximum absolute atomic E-state index is 4.88. The molecule has 0 radical (unpaired) electrons. The molecule has 6 heteroatoms. The Morgan fingerprint density at radius 2 is 2.04 bits per heavy atom. The summed E-state index contributed by atoms with van der Waals surface area (Å²) in [5.74, 6) is 1.10. The third-order valence-electron chi connectivity index (χ3n) is 4.82. The van der Waals surface area contributed by atoms with Gasteiger partial charge in [-0.3, -0.25) is 0 Å². The second-order valence-corrected chi connectivity index (χ2v) is 9.71. The summed E-state index contributed by atoms with van der Waals surface area (Å²) < 4.78 is 0. The summed E-state index contributed by atoms with van der Waals surface area (Å²) in [7, 11) is 2.28. The first-order valence-corrected chi connectivity index (χ1v) is 12.1. The molecule has 1 unspecified atom stereocenters. The quantitative estimate of drug-likeness (QED) is 0.295. The minimum absolute atomic E-state index is 0.905. The third kappa shape index (κ3) is 3.93. The number of aromatic nitrogens is 2. The van der Waals surface area contributed by atoms with E-state index in [1.165, 1.54) is 44.2 Å². The molecule has 1 atom stereocenters. The third-order valence-corrected chi connectivity index (χ3v) is 7.55. The molecule has 2 aromatic heterocycles. The molecule has 0 amide bonds. The number of hydrogen-bond acceptors (Lipinski definition) is 5. The summed E-state index contributed by atoms with van der Waals surface area (Å²) in [4.78, 5) is 14.0. The van der Waals surface area contributed by atoms with E-state index >= 15 is 0 Å². The number of fused-ring (bicyclic) bond motifs is 3. The number of nitrogens with one attached hydrogen (secondary N) is 1. The lowest BCUT2D eigenvalue weighted by atomic mass is 10.1. The van der Waals surface area contributed by atoms with Gasteiger partial charge in [0.25, 0.3) is 0 Å². The van der Waals surface area contributed by atoms with E-state index in [0.29, 0.717) is 0 Å². The van der Waals surface area contributed by atoms with Gasteiger partial charge < -0.3 is 4.90 Å². The van der Waals surface area contributed by atoms with E-state index in [2.05, 4.69) is 43.6 Å². The molecule has 3 heterocycles. The van der Waals surface area contributed by atoms with E-state index in [1.807, 2.05) is 23.1 Å². The van der Waals surface area contributed by atoms with Gasteiger partial charge in [-0.05, 0) is 36.0 Å². The molecule has 0 saturated heterocycles. The highest BCUT2D eigenvalue weighted by atomic mass is 32.2. The zero-order chi connectivity index (χ0) is 17.9. The smallest absolute Gasteiger partial charge is 0.189 e. The van der Waals surface area contributed by atoms with Crippen molar-refractivity contribution < 1.29 is 4.90 Å². The number of nitrogens with zero attached hydrogens (tertiary/aromatic N) is 2. The van der Waals surface area contributed by atoms with E-state index in [4.69, 9.17) is 9.97 Å². The second kappa shape index (κ2) is 8.30. The van der Waals surface area contributed by atoms with Crippen LogP contribution in [0.3, 0.4) is 0 Å². The van der Waals surface area contributed by atoms with Crippen LogP contribution in [-0.2, 0) is 19.4 Å². The first-order chi connectivity index (χ1) is 12.7. The van der Waals surface area contributed by atoms with Crippen LogP contribution in [0.5, 0.6) is 0 Å². The molecule has 136 valence electrons. The predicted octanol–water partition coefficient (Wildman–Crippen LogP) is 3.71. The van der Waals surface area contributed by atoms with Crippen LogP contribution < -0.4 is 4.90 Å². The normalized spacial score (nSPS) is 16.8. The Kier molecular flexibility index (Phi) is 5.84. The summed E-state index contributed by atoms with van der Waals surface area (Å²) in [6, 6.07) is 10.8. The van der Waals surface area contributed by atoms with Gasteiger partial charge in [-0.1, -0.05) is 42.1 Å². The zero-order valence-corrected chi connectivity index (χ0v) is 17.7. The molecule has 1 aliphatic rings. The van der Waals surface area contributed by atoms with Crippen molar-refractivity contribution in [3.05, 3.63) is 46.3 Å². The van der Waals surface area contributed by atoms with Crippen molar-refractivity contribution in [2.24, 2.45) is 0 Å². The van der Waals surface area contributed by atoms with Crippen LogP contribution in [0.15, 0.2) is 40.5 Å². The average molecular weight is 403 g/mol. The van der Waals surface area contributed by atoms with Gasteiger partial charge in [0.2, 0.25) is 0 Å². The molecule has 0 bridgehead atoms. The number of benzene rings is 1. The number of thioether (sulfide) groups is 2. The minimum Gasteiger partial charge on any atom is -0.333 e. The van der Waals surface area contributed by atoms with Crippen LogP contribution in [-0.4, -0.2) is 35.6 Å². The number of likely N-dealkylation sites (N-methyl/N-ethyl adjacent to an activating group) is 1. The van der Waals surface area contributed by atoms with Gasteiger partial charge in [0.15, 0.2) is 5.16 Å². The average Bonchev–Trinajstić information content (AvgIpc) is 3.03. The van der Waals surface area contributed by atoms with Crippen LogP contribution in [0.2, 0.25) is 0 Å². The van der Waals surface area contributed by atoms with Gasteiger partial charge in [-0.25, -0.2) is 9.97 Å². The molecule has 0 aliphatic carbocycles. The summed E-state index contributed by atoms with van der Waals surface area (Å²) >= 11 is 5.44. The highest BCUT2D eigenvalue weighted by molar-refractivity contribution is 7.99. The Morgan fingerprint density at radius 1 is 1.19 bits per heavy atom. The highest BCUT2D eigenvalue weighted by Gasteiger charge is 2.25. The number of thiophene rings is 1. The molecule has 1 aromatic carbocycles. The second-order valence-electron chi connectivity index (χ2n) is 6.77. The standard InChI is InChI=1S/C20H23N3S3/c1-23-11-10-15-16(13-23)26-19-17(15)18(21-20(22-19)24-2)25-12-6-9-14-7-4-3-5-8-14/h3-5,7-8H,6,9-13H2,1-2H3/p+1. The van der Waals surface area contributed by atoms with Crippen molar-refractivity contribution in [1.82, 2.24) is 9.97 Å². The van der Waals surface area contributed by atoms with Gasteiger partial charge in [-0.15, -0.1) is 23.1 Å². The van der Waals surface area contributed by atoms with Crippen LogP contribution in [0.4, 0.5) is 0 Å². The van der Waals surface area contributed by atoms with Crippen LogP contribution in [0.1, 0.15) is 22.4 Å². The first kappa shape index (κ1) is 18.3. The number of aryl methyl sites for hydroxylation is 1. The molecule has 3 nitrogen and oxygen atoms in total. The van der Waals surface area contributed by atoms with Crippen LogP contribution in [0.25, 0.3) is 10.2 Å². The van der Waals surface area contributed by atoms with Crippen molar-refractivity contribution in [3.8, 4) is 0 Å². The Morgan fingerprint density at radius 3 is 2.85 bits per heavy atom. The fourth-order valence-electron chi connectivity index (χ4n) is 3.45. The molecule has 0 fully saturated rings. The molecule has 26 heavy (non-hydrogen) atoms. The van der Waals surface area contributed by atoms with E-state index in [1.54, 1.807) is 16.7 Å². The molecule has 0 saturated carbocycles. The Labute approximate surface area is 167 Å². The number of hydrogen-bond donors (Lipinski definition) is 1. The fraction of sp³-hybridized carbons (Fsp3) is 0.400. The summed E-state index contributed by atoms with van der Waals surface area (Å²) in [5, 5.41) is 3.45. The van der Waals surface area contributed by atoms with Gasteiger partial charge in [0.05, 0.1) is 18.5 Å². The summed E-state index contributed by atoms with van der Waals surface area (Å²) in [6.07, 6.45) is 5.53. The molecule has 4 rings (SSSR count).